The molecule has 1 N–H and O–H groups in total. The second kappa shape index (κ2) is 5.72. The number of nitrogens with one attached hydrogen (secondary N) is 1. The zero-order chi connectivity index (χ0) is 13.0. The van der Waals surface area contributed by atoms with E-state index >= 15 is 0 Å². The molecule has 0 bridgehead atoms. The molecule has 7 nitrogen and oxygen atoms in total. The number of rotatable bonds is 5. The lowest BCUT2D eigenvalue weighted by Crippen LogP contribution is -2.35. The van der Waals surface area contributed by atoms with Crippen LogP contribution in [0.1, 0.15) is 19.8 Å². The molecular weight excluding hydrogens is 234 g/mol. The van der Waals surface area contributed by atoms with Gasteiger partial charge in [0.1, 0.15) is 12.4 Å². The van der Waals surface area contributed by atoms with E-state index in [2.05, 4.69) is 27.1 Å². The maximum absolute atomic E-state index is 10.5. The quantitative estimate of drug-likeness (QED) is 0.627. The van der Waals surface area contributed by atoms with Gasteiger partial charge in [-0.1, -0.05) is 0 Å². The molecule has 0 radical (unpaired) electrons. The minimum atomic E-state index is -0.503. The maximum Gasteiger partial charge on any atom is 0.305 e. The lowest BCUT2D eigenvalue weighted by Gasteiger charge is -2.23. The molecule has 98 valence electrons. The van der Waals surface area contributed by atoms with Crippen molar-refractivity contribution in [3.63, 3.8) is 0 Å². The van der Waals surface area contributed by atoms with E-state index in [1.807, 2.05) is 0 Å². The second-order valence-electron chi connectivity index (χ2n) is 4.49. The largest absolute Gasteiger partial charge is 0.353 e. The van der Waals surface area contributed by atoms with Gasteiger partial charge in [-0.15, -0.1) is 0 Å². The van der Waals surface area contributed by atoms with E-state index in [1.165, 1.54) is 25.2 Å². The summed E-state index contributed by atoms with van der Waals surface area (Å²) in [6, 6.07) is 0.422. The molecule has 1 aliphatic heterocycles. The van der Waals surface area contributed by atoms with Gasteiger partial charge >= 0.3 is 5.69 Å². The molecule has 0 aromatic carbocycles. The van der Waals surface area contributed by atoms with E-state index in [0.717, 1.165) is 19.6 Å². The first-order valence-electron chi connectivity index (χ1n) is 6.11. The maximum atomic E-state index is 10.5. The van der Waals surface area contributed by atoms with Crippen LogP contribution in [0.5, 0.6) is 0 Å². The van der Waals surface area contributed by atoms with E-state index in [-0.39, 0.29) is 5.69 Å². The highest BCUT2D eigenvalue weighted by atomic mass is 16.6. The molecule has 1 fully saturated rings. The summed E-state index contributed by atoms with van der Waals surface area (Å²) in [4.78, 5) is 20.2. The Morgan fingerprint density at radius 1 is 1.44 bits per heavy atom. The summed E-state index contributed by atoms with van der Waals surface area (Å²) < 4.78 is 0. The van der Waals surface area contributed by atoms with Crippen LogP contribution in [0.25, 0.3) is 0 Å². The molecule has 2 heterocycles. The first-order chi connectivity index (χ1) is 8.66. The van der Waals surface area contributed by atoms with Crippen LogP contribution >= 0.6 is 0 Å². The molecule has 7 heteroatoms. The lowest BCUT2D eigenvalue weighted by molar-refractivity contribution is -0.385. The van der Waals surface area contributed by atoms with E-state index in [0.29, 0.717) is 12.0 Å². The fourth-order valence-electron chi connectivity index (χ4n) is 2.06. The molecule has 1 saturated heterocycles. The molecule has 1 aromatic heterocycles. The molecule has 0 spiro atoms. The van der Waals surface area contributed by atoms with Crippen molar-refractivity contribution in [1.29, 1.82) is 0 Å². The first kappa shape index (κ1) is 12.7. The van der Waals surface area contributed by atoms with Gasteiger partial charge in [-0.05, 0) is 32.9 Å². The van der Waals surface area contributed by atoms with Crippen LogP contribution in [-0.2, 0) is 0 Å². The van der Waals surface area contributed by atoms with Crippen molar-refractivity contribution in [3.8, 4) is 0 Å². The molecule has 2 rings (SSSR count). The number of aromatic nitrogens is 2. The summed E-state index contributed by atoms with van der Waals surface area (Å²) in [6.45, 7) is 5.19. The summed E-state index contributed by atoms with van der Waals surface area (Å²) in [5, 5.41) is 13.6. The lowest BCUT2D eigenvalue weighted by atomic mass is 10.3. The zero-order valence-corrected chi connectivity index (χ0v) is 10.4. The van der Waals surface area contributed by atoms with Crippen molar-refractivity contribution in [2.24, 2.45) is 0 Å². The molecule has 1 aliphatic rings. The number of hydrogen-bond donors (Lipinski definition) is 1. The van der Waals surface area contributed by atoms with Crippen molar-refractivity contribution in [3.05, 3.63) is 22.5 Å². The zero-order valence-electron chi connectivity index (χ0n) is 10.4. The predicted molar refractivity (Wildman–Crippen MR) is 67.4 cm³/mol. The van der Waals surface area contributed by atoms with Crippen molar-refractivity contribution in [1.82, 2.24) is 14.9 Å². The van der Waals surface area contributed by atoms with Crippen LogP contribution in [0.3, 0.4) is 0 Å². The van der Waals surface area contributed by atoms with E-state index in [4.69, 9.17) is 0 Å². The molecule has 0 aliphatic carbocycles. The summed E-state index contributed by atoms with van der Waals surface area (Å²) in [7, 11) is 0. The Hall–Kier alpha value is -1.76. The third-order valence-electron chi connectivity index (χ3n) is 3.17. The van der Waals surface area contributed by atoms with Crippen molar-refractivity contribution < 1.29 is 4.92 Å². The Balaban J connectivity index is 1.84. The molecule has 0 amide bonds. The van der Waals surface area contributed by atoms with Crippen LogP contribution in [-0.4, -0.2) is 45.5 Å². The standard InChI is InChI=1S/C11H17N5O2/c1-9(15-4-2-3-5-15)6-12-11-13-7-10(8-14-11)16(17)18/h7-9H,2-6H2,1H3,(H,12,13,14). The number of hydrogen-bond acceptors (Lipinski definition) is 6. The molecule has 18 heavy (non-hydrogen) atoms. The van der Waals surface area contributed by atoms with E-state index in [9.17, 15) is 10.1 Å². The minimum Gasteiger partial charge on any atom is -0.353 e. The summed E-state index contributed by atoms with van der Waals surface area (Å²) in [6.07, 6.45) is 4.96. The van der Waals surface area contributed by atoms with Gasteiger partial charge in [0.15, 0.2) is 0 Å². The Morgan fingerprint density at radius 3 is 2.61 bits per heavy atom. The first-order valence-corrected chi connectivity index (χ1v) is 6.11. The number of nitro groups is 1. The van der Waals surface area contributed by atoms with E-state index < -0.39 is 4.92 Å². The molecular formula is C11H17N5O2. The Labute approximate surface area is 105 Å². The average molecular weight is 251 g/mol. The molecule has 0 saturated carbocycles. The third-order valence-corrected chi connectivity index (χ3v) is 3.17. The topological polar surface area (TPSA) is 84.2 Å². The second-order valence-corrected chi connectivity index (χ2v) is 4.49. The predicted octanol–water partition coefficient (Wildman–Crippen LogP) is 1.28. The Morgan fingerprint density at radius 2 is 2.06 bits per heavy atom. The van der Waals surface area contributed by atoms with Gasteiger partial charge in [0.2, 0.25) is 5.95 Å². The molecule has 1 aromatic rings. The average Bonchev–Trinajstić information content (AvgIpc) is 2.90. The van der Waals surface area contributed by atoms with Gasteiger partial charge in [0.25, 0.3) is 0 Å². The van der Waals surface area contributed by atoms with Gasteiger partial charge in [-0.2, -0.15) is 0 Å². The third kappa shape index (κ3) is 3.13. The fraction of sp³-hybridized carbons (Fsp3) is 0.636. The SMILES string of the molecule is CC(CNc1ncc([N+](=O)[O-])cn1)N1CCCC1. The van der Waals surface area contributed by atoms with Crippen LogP contribution in [0, 0.1) is 10.1 Å². The monoisotopic (exact) mass is 251 g/mol. The normalized spacial score (nSPS) is 17.6. The van der Waals surface area contributed by atoms with Gasteiger partial charge in [0, 0.05) is 12.6 Å². The van der Waals surface area contributed by atoms with Gasteiger partial charge in [-0.3, -0.25) is 15.0 Å². The van der Waals surface area contributed by atoms with Crippen LogP contribution < -0.4 is 5.32 Å². The highest BCUT2D eigenvalue weighted by Gasteiger charge is 2.17. The summed E-state index contributed by atoms with van der Waals surface area (Å²) in [5.74, 6) is 0.437. The molecule has 1 unspecified atom stereocenters. The van der Waals surface area contributed by atoms with Crippen LogP contribution in [0.2, 0.25) is 0 Å². The van der Waals surface area contributed by atoms with Crippen molar-refractivity contribution in [2.45, 2.75) is 25.8 Å². The fourth-order valence-corrected chi connectivity index (χ4v) is 2.06. The number of likely N-dealkylation sites (tertiary alicyclic amines) is 1. The minimum absolute atomic E-state index is 0.0897. The summed E-state index contributed by atoms with van der Waals surface area (Å²) in [5.41, 5.74) is -0.0897. The van der Waals surface area contributed by atoms with Gasteiger partial charge in [0.05, 0.1) is 4.92 Å². The van der Waals surface area contributed by atoms with Gasteiger partial charge in [-0.25, -0.2) is 9.97 Å². The van der Waals surface area contributed by atoms with Gasteiger partial charge < -0.3 is 5.32 Å². The number of nitrogens with zero attached hydrogens (tertiary/aromatic N) is 4. The number of anilines is 1. The Bertz CT molecular complexity index is 402. The smallest absolute Gasteiger partial charge is 0.305 e. The van der Waals surface area contributed by atoms with E-state index in [1.54, 1.807) is 0 Å². The summed E-state index contributed by atoms with van der Waals surface area (Å²) >= 11 is 0. The van der Waals surface area contributed by atoms with Crippen molar-refractivity contribution >= 4 is 11.6 Å². The van der Waals surface area contributed by atoms with Crippen molar-refractivity contribution in [2.75, 3.05) is 25.0 Å². The van der Waals surface area contributed by atoms with Crippen LogP contribution in [0.15, 0.2) is 12.4 Å². The molecule has 1 atom stereocenters. The highest BCUT2D eigenvalue weighted by molar-refractivity contribution is 5.30. The van der Waals surface area contributed by atoms with Crippen LogP contribution in [0.4, 0.5) is 11.6 Å². The highest BCUT2D eigenvalue weighted by Crippen LogP contribution is 2.12. The Kier molecular flexibility index (Phi) is 4.03.